The summed E-state index contributed by atoms with van der Waals surface area (Å²) in [7, 11) is 0. The molecule has 0 aliphatic heterocycles. The summed E-state index contributed by atoms with van der Waals surface area (Å²) >= 11 is 0. The minimum absolute atomic E-state index is 0.0754. The Morgan fingerprint density at radius 2 is 0.649 bits per heavy atom. The lowest BCUT2D eigenvalue weighted by Crippen LogP contribution is -2.34. The molecule has 300 valence electrons. The predicted molar refractivity (Wildman–Crippen MR) is 249 cm³/mol. The van der Waals surface area contributed by atoms with Gasteiger partial charge in [0.2, 0.25) is 0 Å². The average Bonchev–Trinajstić information content (AvgIpc) is 3.12. The number of hydrogen-bond donors (Lipinski definition) is 0. The largest absolute Gasteiger partial charge is 0.310 e. The molecule has 57 heavy (non-hydrogen) atoms. The molecule has 0 heterocycles. The van der Waals surface area contributed by atoms with Gasteiger partial charge >= 0.3 is 0 Å². The molecular formula is C55H70N2. The van der Waals surface area contributed by atoms with Gasteiger partial charge in [-0.3, -0.25) is 0 Å². The molecule has 7 rings (SSSR count). The van der Waals surface area contributed by atoms with Gasteiger partial charge in [0, 0.05) is 34.1 Å². The molecule has 0 N–H and O–H groups in total. The van der Waals surface area contributed by atoms with Crippen LogP contribution in [0, 0.1) is 6.92 Å². The van der Waals surface area contributed by atoms with Gasteiger partial charge in [-0.15, -0.1) is 0 Å². The molecule has 0 aromatic heterocycles. The summed E-state index contributed by atoms with van der Waals surface area (Å²) in [5.41, 5.74) is 17.6. The Morgan fingerprint density at radius 1 is 0.351 bits per heavy atom. The monoisotopic (exact) mass is 759 g/mol. The van der Waals surface area contributed by atoms with Crippen molar-refractivity contribution in [1.29, 1.82) is 0 Å². The molecule has 5 aromatic carbocycles. The van der Waals surface area contributed by atoms with Crippen molar-refractivity contribution in [3.8, 4) is 0 Å². The van der Waals surface area contributed by atoms with Gasteiger partial charge in [0.15, 0.2) is 0 Å². The van der Waals surface area contributed by atoms with Crippen molar-refractivity contribution in [2.24, 2.45) is 0 Å². The molecule has 0 fully saturated rings. The number of nitrogens with zero attached hydrogens (tertiary/aromatic N) is 2. The van der Waals surface area contributed by atoms with Crippen LogP contribution in [-0.4, -0.2) is 0 Å². The van der Waals surface area contributed by atoms with Crippen LogP contribution in [0.2, 0.25) is 0 Å². The number of anilines is 6. The summed E-state index contributed by atoms with van der Waals surface area (Å²) in [6.07, 6.45) is 4.78. The summed E-state index contributed by atoms with van der Waals surface area (Å²) in [5.74, 6) is 0. The van der Waals surface area contributed by atoms with E-state index >= 15 is 0 Å². The van der Waals surface area contributed by atoms with E-state index in [1.165, 1.54) is 81.7 Å². The van der Waals surface area contributed by atoms with Crippen LogP contribution in [0.25, 0.3) is 0 Å². The lowest BCUT2D eigenvalue weighted by molar-refractivity contribution is 0.332. The van der Waals surface area contributed by atoms with Gasteiger partial charge in [0.05, 0.1) is 0 Å². The maximum absolute atomic E-state index is 2.55. The highest BCUT2D eigenvalue weighted by atomic mass is 15.2. The molecule has 0 spiro atoms. The van der Waals surface area contributed by atoms with Crippen molar-refractivity contribution in [3.05, 3.63) is 142 Å². The molecule has 2 aliphatic rings. The minimum atomic E-state index is 0.0754. The Hall–Kier alpha value is -4.30. The highest BCUT2D eigenvalue weighted by Crippen LogP contribution is 2.51. The Morgan fingerprint density at radius 3 is 0.982 bits per heavy atom. The molecule has 0 atom stereocenters. The molecule has 0 radical (unpaired) electrons. The van der Waals surface area contributed by atoms with Crippen LogP contribution in [0.4, 0.5) is 34.1 Å². The molecule has 2 heteroatoms. The maximum Gasteiger partial charge on any atom is 0.0485 e. The molecule has 0 amide bonds. The number of fused-ring (bicyclic) bond motifs is 2. The van der Waals surface area contributed by atoms with E-state index in [9.17, 15) is 0 Å². The first-order chi connectivity index (χ1) is 26.4. The summed E-state index contributed by atoms with van der Waals surface area (Å²) in [6, 6.07) is 40.3. The molecule has 0 saturated carbocycles. The van der Waals surface area contributed by atoms with Crippen molar-refractivity contribution in [2.75, 3.05) is 9.80 Å². The molecule has 5 aromatic rings. The van der Waals surface area contributed by atoms with Crippen LogP contribution >= 0.6 is 0 Å². The minimum Gasteiger partial charge on any atom is -0.310 e. The molecule has 2 aliphatic carbocycles. The van der Waals surface area contributed by atoms with Crippen LogP contribution in [-0.2, 0) is 32.5 Å². The third-order valence-corrected chi connectivity index (χ3v) is 13.7. The van der Waals surface area contributed by atoms with Gasteiger partial charge in [-0.25, -0.2) is 0 Å². The third-order valence-electron chi connectivity index (χ3n) is 13.7. The zero-order valence-corrected chi connectivity index (χ0v) is 38.0. The topological polar surface area (TPSA) is 6.48 Å². The Labute approximate surface area is 346 Å². The standard InChI is InChI=1S/C55H70N2/c1-37-32-44(56(40-20-16-38(17-21-40)50(2,3)4)41-22-18-39(19-23-41)51(5,6)7)34-45(33-37)57(42-24-26-46-48(35-42)54(12,13)30-28-52(46,8)9)43-25-27-47-49(36-43)55(14,15)31-29-53(47,10)11/h16-27,32-36H,28-31H2,1-15H3. The van der Waals surface area contributed by atoms with E-state index in [-0.39, 0.29) is 32.5 Å². The molecule has 0 bridgehead atoms. The zero-order valence-electron chi connectivity index (χ0n) is 38.0. The second-order valence-electron chi connectivity index (χ2n) is 22.3. The lowest BCUT2D eigenvalue weighted by Gasteiger charge is -2.43. The fourth-order valence-electron chi connectivity index (χ4n) is 9.55. The van der Waals surface area contributed by atoms with E-state index < -0.39 is 0 Å². The van der Waals surface area contributed by atoms with Crippen molar-refractivity contribution in [3.63, 3.8) is 0 Å². The van der Waals surface area contributed by atoms with Gasteiger partial charge in [0.1, 0.15) is 0 Å². The summed E-state index contributed by atoms with van der Waals surface area (Å²) < 4.78 is 0. The van der Waals surface area contributed by atoms with E-state index in [0.717, 1.165) is 17.1 Å². The number of aryl methyl sites for hydroxylation is 1. The van der Waals surface area contributed by atoms with E-state index in [1.807, 2.05) is 0 Å². The van der Waals surface area contributed by atoms with Crippen LogP contribution in [0.3, 0.4) is 0 Å². The average molecular weight is 759 g/mol. The summed E-state index contributed by atoms with van der Waals surface area (Å²) in [5, 5.41) is 0. The third kappa shape index (κ3) is 7.83. The molecule has 2 nitrogen and oxygen atoms in total. The van der Waals surface area contributed by atoms with Gasteiger partial charge in [-0.05, 0) is 171 Å². The number of rotatable bonds is 6. The highest BCUT2D eigenvalue weighted by Gasteiger charge is 2.39. The highest BCUT2D eigenvalue weighted by molar-refractivity contribution is 5.84. The van der Waals surface area contributed by atoms with Crippen LogP contribution in [0.15, 0.2) is 103 Å². The first-order valence-corrected chi connectivity index (χ1v) is 21.6. The predicted octanol–water partition coefficient (Wildman–Crippen LogP) is 16.2. The van der Waals surface area contributed by atoms with Gasteiger partial charge in [-0.1, -0.05) is 133 Å². The Balaban J connectivity index is 1.46. The molecular weight excluding hydrogens is 689 g/mol. The normalized spacial score (nSPS) is 18.0. The Bertz CT molecular complexity index is 2130. The van der Waals surface area contributed by atoms with Gasteiger partial charge in [-0.2, -0.15) is 0 Å². The fraction of sp³-hybridized carbons (Fsp3) is 0.455. The quantitative estimate of drug-likeness (QED) is 0.170. The molecule has 0 unspecified atom stereocenters. The van der Waals surface area contributed by atoms with Crippen LogP contribution in [0.5, 0.6) is 0 Å². The maximum atomic E-state index is 2.55. The van der Waals surface area contributed by atoms with Crippen molar-refractivity contribution >= 4 is 34.1 Å². The second kappa shape index (κ2) is 13.9. The van der Waals surface area contributed by atoms with Crippen LogP contribution < -0.4 is 9.80 Å². The van der Waals surface area contributed by atoms with E-state index in [2.05, 4.69) is 217 Å². The zero-order chi connectivity index (χ0) is 41.5. The van der Waals surface area contributed by atoms with E-state index in [1.54, 1.807) is 0 Å². The van der Waals surface area contributed by atoms with E-state index in [0.29, 0.717) is 0 Å². The van der Waals surface area contributed by atoms with Gasteiger partial charge in [0.25, 0.3) is 0 Å². The Kier molecular flexibility index (Phi) is 9.99. The lowest BCUT2D eigenvalue weighted by atomic mass is 9.63. The van der Waals surface area contributed by atoms with Gasteiger partial charge < -0.3 is 9.80 Å². The smallest absolute Gasteiger partial charge is 0.0485 e. The van der Waals surface area contributed by atoms with Crippen molar-refractivity contribution < 1.29 is 0 Å². The number of hydrogen-bond acceptors (Lipinski definition) is 2. The molecule has 0 saturated heterocycles. The fourth-order valence-corrected chi connectivity index (χ4v) is 9.55. The SMILES string of the molecule is Cc1cc(N(c2ccc(C(C)(C)C)cc2)c2ccc(C(C)(C)C)cc2)cc(N(c2ccc3c(c2)C(C)(C)CCC3(C)C)c2ccc3c(c2)C(C)(C)CCC3(C)C)c1. The summed E-state index contributed by atoms with van der Waals surface area (Å²) in [4.78, 5) is 5.00. The first-order valence-electron chi connectivity index (χ1n) is 21.6. The van der Waals surface area contributed by atoms with E-state index in [4.69, 9.17) is 0 Å². The van der Waals surface area contributed by atoms with Crippen molar-refractivity contribution in [1.82, 2.24) is 0 Å². The first kappa shape index (κ1) is 40.9. The number of benzene rings is 5. The second-order valence-corrected chi connectivity index (χ2v) is 22.3. The van der Waals surface area contributed by atoms with Crippen LogP contribution in [0.1, 0.15) is 162 Å². The summed E-state index contributed by atoms with van der Waals surface area (Å²) in [6.45, 7) is 35.5. The van der Waals surface area contributed by atoms with Crippen molar-refractivity contribution in [2.45, 2.75) is 162 Å².